The van der Waals surface area contributed by atoms with Crippen molar-refractivity contribution in [2.75, 3.05) is 18.9 Å². The fraction of sp³-hybridized carbons (Fsp3) is 0.556. The third kappa shape index (κ3) is 3.03. The van der Waals surface area contributed by atoms with E-state index in [0.29, 0.717) is 6.42 Å². The van der Waals surface area contributed by atoms with Gasteiger partial charge in [-0.25, -0.2) is 4.79 Å². The van der Waals surface area contributed by atoms with Crippen LogP contribution in [0, 0.1) is 0 Å². The highest BCUT2D eigenvalue weighted by Crippen LogP contribution is 2.09. The Bertz CT molecular complexity index is 364. The maximum atomic E-state index is 11.4. The Hall–Kier alpha value is -1.40. The molecule has 0 saturated carbocycles. The summed E-state index contributed by atoms with van der Waals surface area (Å²) in [5, 5.41) is 8.62. The number of ether oxygens (including phenoxy) is 1. The van der Waals surface area contributed by atoms with Gasteiger partial charge in [-0.05, 0) is 12.5 Å². The molecule has 1 aromatic rings. The SMILES string of the molecule is CCC(OCCO)n1ccc(N)nc1=O. The van der Waals surface area contributed by atoms with Gasteiger partial charge in [-0.15, -0.1) is 0 Å². The largest absolute Gasteiger partial charge is 0.394 e. The van der Waals surface area contributed by atoms with Gasteiger partial charge in [-0.2, -0.15) is 4.98 Å². The summed E-state index contributed by atoms with van der Waals surface area (Å²) in [5.41, 5.74) is 4.92. The highest BCUT2D eigenvalue weighted by molar-refractivity contribution is 5.23. The quantitative estimate of drug-likeness (QED) is 0.703. The Morgan fingerprint density at radius 1 is 1.73 bits per heavy atom. The van der Waals surface area contributed by atoms with Gasteiger partial charge in [0.15, 0.2) is 0 Å². The first-order chi connectivity index (χ1) is 7.19. The van der Waals surface area contributed by atoms with Crippen molar-refractivity contribution < 1.29 is 9.84 Å². The molecule has 1 atom stereocenters. The minimum absolute atomic E-state index is 0.0757. The van der Waals surface area contributed by atoms with Crippen molar-refractivity contribution in [3.63, 3.8) is 0 Å². The number of nitrogens with zero attached hydrogens (tertiary/aromatic N) is 2. The van der Waals surface area contributed by atoms with Gasteiger partial charge in [-0.1, -0.05) is 6.92 Å². The van der Waals surface area contributed by atoms with E-state index in [1.165, 1.54) is 16.8 Å². The molecular formula is C9H15N3O3. The van der Waals surface area contributed by atoms with Crippen LogP contribution in [0.25, 0.3) is 0 Å². The molecule has 0 aromatic carbocycles. The lowest BCUT2D eigenvalue weighted by molar-refractivity contribution is -0.0198. The van der Waals surface area contributed by atoms with E-state index < -0.39 is 11.9 Å². The summed E-state index contributed by atoms with van der Waals surface area (Å²) in [6.07, 6.45) is 1.75. The smallest absolute Gasteiger partial charge is 0.351 e. The Labute approximate surface area is 87.3 Å². The fourth-order valence-electron chi connectivity index (χ4n) is 1.23. The van der Waals surface area contributed by atoms with Gasteiger partial charge >= 0.3 is 5.69 Å². The monoisotopic (exact) mass is 213 g/mol. The second-order valence-electron chi connectivity index (χ2n) is 3.00. The van der Waals surface area contributed by atoms with Gasteiger partial charge in [0, 0.05) is 6.20 Å². The summed E-state index contributed by atoms with van der Waals surface area (Å²) < 4.78 is 6.63. The van der Waals surface area contributed by atoms with Crippen molar-refractivity contribution in [1.29, 1.82) is 0 Å². The van der Waals surface area contributed by atoms with Crippen LogP contribution in [0.3, 0.4) is 0 Å². The van der Waals surface area contributed by atoms with Crippen LogP contribution in [0.2, 0.25) is 0 Å². The van der Waals surface area contributed by atoms with Crippen LogP contribution in [-0.2, 0) is 4.74 Å². The zero-order valence-corrected chi connectivity index (χ0v) is 8.59. The number of nitrogens with two attached hydrogens (primary N) is 1. The van der Waals surface area contributed by atoms with Gasteiger partial charge in [0.2, 0.25) is 0 Å². The zero-order valence-electron chi connectivity index (χ0n) is 8.59. The van der Waals surface area contributed by atoms with Gasteiger partial charge in [0.25, 0.3) is 0 Å². The van der Waals surface area contributed by atoms with Gasteiger partial charge in [0.05, 0.1) is 13.2 Å². The van der Waals surface area contributed by atoms with Crippen LogP contribution in [0.4, 0.5) is 5.82 Å². The standard InChI is InChI=1S/C9H15N3O3/c1-2-8(15-6-5-13)12-4-3-7(10)11-9(12)14/h3-4,8,13H,2,5-6H2,1H3,(H2,10,11,14). The molecular weight excluding hydrogens is 198 g/mol. The molecule has 0 spiro atoms. The molecule has 6 nitrogen and oxygen atoms in total. The summed E-state index contributed by atoms with van der Waals surface area (Å²) in [4.78, 5) is 15.0. The maximum Gasteiger partial charge on any atom is 0.351 e. The third-order valence-corrected chi connectivity index (χ3v) is 1.91. The van der Waals surface area contributed by atoms with Gasteiger partial charge in [0.1, 0.15) is 12.0 Å². The van der Waals surface area contributed by atoms with Crippen LogP contribution in [0.5, 0.6) is 0 Å². The van der Waals surface area contributed by atoms with E-state index in [-0.39, 0.29) is 19.0 Å². The van der Waals surface area contributed by atoms with E-state index in [2.05, 4.69) is 4.98 Å². The Kier molecular flexibility index (Phi) is 4.26. The number of hydrogen-bond donors (Lipinski definition) is 2. The molecule has 0 aliphatic heterocycles. The van der Waals surface area contributed by atoms with Crippen LogP contribution < -0.4 is 11.4 Å². The average molecular weight is 213 g/mol. The summed E-state index contributed by atoms with van der Waals surface area (Å²) in [6, 6.07) is 1.53. The van der Waals surface area contributed by atoms with Crippen molar-refractivity contribution in [2.24, 2.45) is 0 Å². The number of aliphatic hydroxyl groups excluding tert-OH is 1. The summed E-state index contributed by atoms with van der Waals surface area (Å²) >= 11 is 0. The Morgan fingerprint density at radius 3 is 3.00 bits per heavy atom. The van der Waals surface area contributed by atoms with Crippen molar-refractivity contribution in [3.05, 3.63) is 22.7 Å². The number of aliphatic hydroxyl groups is 1. The van der Waals surface area contributed by atoms with Crippen LogP contribution in [0.1, 0.15) is 19.6 Å². The van der Waals surface area contributed by atoms with Crippen molar-refractivity contribution in [1.82, 2.24) is 9.55 Å². The van der Waals surface area contributed by atoms with Crippen LogP contribution >= 0.6 is 0 Å². The molecule has 0 radical (unpaired) electrons. The predicted molar refractivity (Wildman–Crippen MR) is 55.3 cm³/mol. The molecule has 0 bridgehead atoms. The molecule has 0 amide bonds. The van der Waals surface area contributed by atoms with E-state index >= 15 is 0 Å². The Morgan fingerprint density at radius 2 is 2.47 bits per heavy atom. The number of aromatic nitrogens is 2. The number of hydrogen-bond acceptors (Lipinski definition) is 5. The van der Waals surface area contributed by atoms with E-state index in [0.717, 1.165) is 0 Å². The minimum atomic E-state index is -0.445. The van der Waals surface area contributed by atoms with E-state index in [1.54, 1.807) is 0 Å². The molecule has 15 heavy (non-hydrogen) atoms. The van der Waals surface area contributed by atoms with Crippen molar-refractivity contribution >= 4 is 5.82 Å². The predicted octanol–water partition coefficient (Wildman–Crippen LogP) is -0.257. The molecule has 0 saturated heterocycles. The molecule has 1 rings (SSSR count). The second-order valence-corrected chi connectivity index (χ2v) is 3.00. The normalized spacial score (nSPS) is 12.7. The summed E-state index contributed by atoms with van der Waals surface area (Å²) in [6.45, 7) is 1.99. The molecule has 3 N–H and O–H groups in total. The summed E-state index contributed by atoms with van der Waals surface area (Å²) in [5.74, 6) is 0.188. The Balaban J connectivity index is 2.87. The summed E-state index contributed by atoms with van der Waals surface area (Å²) in [7, 11) is 0. The number of anilines is 1. The topological polar surface area (TPSA) is 90.4 Å². The highest BCUT2D eigenvalue weighted by Gasteiger charge is 2.10. The molecule has 1 heterocycles. The fourth-order valence-corrected chi connectivity index (χ4v) is 1.23. The maximum absolute atomic E-state index is 11.4. The molecule has 0 aliphatic carbocycles. The first kappa shape index (κ1) is 11.7. The molecule has 84 valence electrons. The van der Waals surface area contributed by atoms with E-state index in [4.69, 9.17) is 15.6 Å². The van der Waals surface area contributed by atoms with Crippen LogP contribution in [0.15, 0.2) is 17.1 Å². The first-order valence-electron chi connectivity index (χ1n) is 4.76. The molecule has 6 heteroatoms. The van der Waals surface area contributed by atoms with E-state index in [1.807, 2.05) is 6.92 Å². The van der Waals surface area contributed by atoms with Crippen LogP contribution in [-0.4, -0.2) is 27.9 Å². The third-order valence-electron chi connectivity index (χ3n) is 1.91. The van der Waals surface area contributed by atoms with E-state index in [9.17, 15) is 4.79 Å². The molecule has 0 fully saturated rings. The lowest BCUT2D eigenvalue weighted by Gasteiger charge is -2.17. The molecule has 1 aromatic heterocycles. The first-order valence-corrected chi connectivity index (χ1v) is 4.76. The van der Waals surface area contributed by atoms with Crippen molar-refractivity contribution in [2.45, 2.75) is 19.6 Å². The molecule has 1 unspecified atom stereocenters. The number of nitrogen functional groups attached to an aromatic ring is 1. The van der Waals surface area contributed by atoms with Crippen molar-refractivity contribution in [3.8, 4) is 0 Å². The average Bonchev–Trinajstić information content (AvgIpc) is 2.21. The lowest BCUT2D eigenvalue weighted by Crippen LogP contribution is -2.28. The second kappa shape index (κ2) is 5.47. The molecule has 0 aliphatic rings. The zero-order chi connectivity index (χ0) is 11.3. The highest BCUT2D eigenvalue weighted by atomic mass is 16.5. The lowest BCUT2D eigenvalue weighted by atomic mass is 10.4. The van der Waals surface area contributed by atoms with Gasteiger partial charge in [-0.3, -0.25) is 4.57 Å². The van der Waals surface area contributed by atoms with Gasteiger partial charge < -0.3 is 15.6 Å². The number of rotatable bonds is 5. The minimum Gasteiger partial charge on any atom is -0.394 e.